The highest BCUT2D eigenvalue weighted by Gasteiger charge is 2.59. The van der Waals surface area contributed by atoms with Gasteiger partial charge in [0.15, 0.2) is 0 Å². The van der Waals surface area contributed by atoms with Crippen LogP contribution in [0.4, 0.5) is 22.0 Å². The Balaban J connectivity index is 0.000000509. The minimum atomic E-state index is -5.08. The van der Waals surface area contributed by atoms with Gasteiger partial charge in [0.25, 0.3) is 0 Å². The zero-order valence-electron chi connectivity index (χ0n) is 17.0. The van der Waals surface area contributed by atoms with Crippen LogP contribution in [-0.4, -0.2) is 40.4 Å². The van der Waals surface area contributed by atoms with Gasteiger partial charge < -0.3 is 10.2 Å². The number of nitriles is 1. The number of carboxylic acids is 2. The van der Waals surface area contributed by atoms with Crippen molar-refractivity contribution < 1.29 is 41.8 Å². The van der Waals surface area contributed by atoms with Crippen molar-refractivity contribution in [2.75, 3.05) is 0 Å². The van der Waals surface area contributed by atoms with Crippen LogP contribution < -0.4 is 5.32 Å². The second kappa shape index (κ2) is 10.1. The molecule has 0 aliphatic carbocycles. The lowest BCUT2D eigenvalue weighted by Crippen LogP contribution is -2.40. The fourth-order valence-corrected chi connectivity index (χ4v) is 4.22. The molecule has 2 aromatic carbocycles. The number of aliphatic carboxylic acids is 2. The van der Waals surface area contributed by atoms with Gasteiger partial charge in [-0.2, -0.15) is 18.4 Å². The first kappa shape index (κ1) is 27.3. The molecule has 13 heteroatoms. The lowest BCUT2D eigenvalue weighted by atomic mass is 9.65. The Kier molecular flexibility index (Phi) is 8.14. The highest BCUT2D eigenvalue weighted by molar-refractivity contribution is 6.31. The summed E-state index contributed by atoms with van der Waals surface area (Å²) in [6, 6.07) is 7.89. The van der Waals surface area contributed by atoms with Crippen molar-refractivity contribution in [3.8, 4) is 6.07 Å². The second-order valence-electron chi connectivity index (χ2n) is 7.23. The van der Waals surface area contributed by atoms with E-state index in [1.165, 1.54) is 30.3 Å². The molecule has 0 saturated carbocycles. The van der Waals surface area contributed by atoms with Crippen LogP contribution in [0.3, 0.4) is 0 Å². The number of carboxylic acid groups (broad SMARTS) is 2. The van der Waals surface area contributed by atoms with Crippen LogP contribution in [0.15, 0.2) is 36.4 Å². The van der Waals surface area contributed by atoms with Gasteiger partial charge in [-0.15, -0.1) is 0 Å². The van der Waals surface area contributed by atoms with E-state index in [0.717, 1.165) is 6.07 Å². The van der Waals surface area contributed by atoms with Crippen LogP contribution in [-0.2, 0) is 15.0 Å². The summed E-state index contributed by atoms with van der Waals surface area (Å²) in [7, 11) is 0. The van der Waals surface area contributed by atoms with E-state index in [0.29, 0.717) is 0 Å². The Morgan fingerprint density at radius 1 is 1.15 bits per heavy atom. The molecule has 0 aromatic heterocycles. The molecule has 1 aliphatic heterocycles. The molecule has 1 saturated heterocycles. The van der Waals surface area contributed by atoms with Crippen molar-refractivity contribution >= 4 is 35.1 Å². The zero-order valence-corrected chi connectivity index (χ0v) is 18.5. The molecule has 3 N–H and O–H groups in total. The first-order valence-electron chi connectivity index (χ1n) is 9.28. The third-order valence-corrected chi connectivity index (χ3v) is 5.85. The number of hydrogen-bond donors (Lipinski definition) is 3. The summed E-state index contributed by atoms with van der Waals surface area (Å²) < 4.78 is 61.3. The van der Waals surface area contributed by atoms with Crippen molar-refractivity contribution in [1.82, 2.24) is 5.32 Å². The van der Waals surface area contributed by atoms with Gasteiger partial charge in [-0.3, -0.25) is 10.1 Å². The summed E-state index contributed by atoms with van der Waals surface area (Å²) in [6.07, 6.45) is -5.08. The fourth-order valence-electron chi connectivity index (χ4n) is 3.88. The van der Waals surface area contributed by atoms with Crippen LogP contribution in [0, 0.1) is 23.0 Å². The van der Waals surface area contributed by atoms with Gasteiger partial charge in [0.05, 0.1) is 11.1 Å². The smallest absolute Gasteiger partial charge is 0.480 e. The molecule has 0 bridgehead atoms. The maximum atomic E-state index is 14.8. The van der Waals surface area contributed by atoms with E-state index in [2.05, 4.69) is 11.4 Å². The zero-order chi connectivity index (χ0) is 26.0. The van der Waals surface area contributed by atoms with E-state index in [-0.39, 0.29) is 21.2 Å². The topological polar surface area (TPSA) is 110 Å². The predicted molar refractivity (Wildman–Crippen MR) is 111 cm³/mol. The normalized spacial score (nSPS) is 24.0. The average Bonchev–Trinajstić information content (AvgIpc) is 3.03. The average molecular weight is 525 g/mol. The maximum Gasteiger partial charge on any atom is 0.490 e. The largest absolute Gasteiger partial charge is 0.490 e. The molecule has 0 unspecified atom stereocenters. The van der Waals surface area contributed by atoms with E-state index >= 15 is 0 Å². The van der Waals surface area contributed by atoms with Crippen LogP contribution >= 0.6 is 23.2 Å². The third-order valence-electron chi connectivity index (χ3n) is 5.32. The molecule has 3 rings (SSSR count). The summed E-state index contributed by atoms with van der Waals surface area (Å²) in [5, 5.41) is 29.6. The summed E-state index contributed by atoms with van der Waals surface area (Å²) in [5.41, 5.74) is -1.81. The van der Waals surface area contributed by atoms with E-state index in [9.17, 15) is 37.1 Å². The highest BCUT2D eigenvalue weighted by atomic mass is 35.5. The molecule has 0 radical (unpaired) electrons. The standard InChI is InChI=1S/C19H14Cl2F2N2O2.C2HF3O2/c1-9-19(8-24,12-6-5-10(20)7-14(12)22)15(17(25-9)18(26)27)11-3-2-4-13(21)16(11)23;3-2(4,5)1(6)7/h2-7,9,15,17,25H,1H3,(H,26,27);(H,6,7)/t9-,15+,17-,19-;/m1./s1. The quantitative estimate of drug-likeness (QED) is 0.493. The molecular weight excluding hydrogens is 510 g/mol. The Morgan fingerprint density at radius 3 is 2.21 bits per heavy atom. The fraction of sp³-hybridized carbons (Fsp3) is 0.286. The lowest BCUT2D eigenvalue weighted by Gasteiger charge is -2.33. The summed E-state index contributed by atoms with van der Waals surface area (Å²) in [5.74, 6) is -6.86. The van der Waals surface area contributed by atoms with E-state index in [1.807, 2.05) is 0 Å². The van der Waals surface area contributed by atoms with Gasteiger partial charge in [0, 0.05) is 22.5 Å². The highest BCUT2D eigenvalue weighted by Crippen LogP contribution is 2.50. The number of halogens is 7. The minimum absolute atomic E-state index is 0.0532. The van der Waals surface area contributed by atoms with Crippen molar-refractivity contribution in [2.45, 2.75) is 36.5 Å². The number of hydrogen-bond acceptors (Lipinski definition) is 4. The number of benzene rings is 2. The molecule has 4 atom stereocenters. The number of carbonyl (C=O) groups is 2. The molecule has 0 amide bonds. The van der Waals surface area contributed by atoms with E-state index in [4.69, 9.17) is 33.1 Å². The van der Waals surface area contributed by atoms with Gasteiger partial charge >= 0.3 is 18.1 Å². The van der Waals surface area contributed by atoms with E-state index < -0.39 is 53.2 Å². The Hall–Kier alpha value is -2.94. The van der Waals surface area contributed by atoms with Crippen LogP contribution in [0.1, 0.15) is 24.0 Å². The molecule has 1 aliphatic rings. The number of rotatable bonds is 3. The molecule has 182 valence electrons. The maximum absolute atomic E-state index is 14.8. The Labute approximate surface area is 199 Å². The molecule has 2 aromatic rings. The second-order valence-corrected chi connectivity index (χ2v) is 8.08. The van der Waals surface area contributed by atoms with E-state index in [1.54, 1.807) is 6.92 Å². The van der Waals surface area contributed by atoms with Crippen LogP contribution in [0.25, 0.3) is 0 Å². The molecule has 1 fully saturated rings. The molecular formula is C21H15Cl2F5N2O4. The summed E-state index contributed by atoms with van der Waals surface area (Å²) in [6.45, 7) is 1.57. The lowest BCUT2D eigenvalue weighted by molar-refractivity contribution is -0.192. The van der Waals surface area contributed by atoms with Gasteiger partial charge in [-0.05, 0) is 30.7 Å². The first-order valence-corrected chi connectivity index (χ1v) is 10.0. The molecule has 0 spiro atoms. The third kappa shape index (κ3) is 5.09. The number of nitrogens with one attached hydrogen (secondary N) is 1. The molecule has 34 heavy (non-hydrogen) atoms. The number of alkyl halides is 3. The SMILES string of the molecule is C[C@H]1N[C@@H](C(=O)O)[C@H](c2cccc(Cl)c2F)[C@@]1(C#N)c1ccc(Cl)cc1F.O=C(O)C(F)(F)F. The van der Waals surface area contributed by atoms with Gasteiger partial charge in [0.2, 0.25) is 0 Å². The van der Waals surface area contributed by atoms with Crippen molar-refractivity contribution in [3.05, 3.63) is 69.2 Å². The summed E-state index contributed by atoms with van der Waals surface area (Å²) >= 11 is 11.7. The molecule has 6 nitrogen and oxygen atoms in total. The van der Waals surface area contributed by atoms with Gasteiger partial charge in [0.1, 0.15) is 23.1 Å². The predicted octanol–water partition coefficient (Wildman–Crippen LogP) is 4.89. The Morgan fingerprint density at radius 2 is 1.74 bits per heavy atom. The van der Waals surface area contributed by atoms with Gasteiger partial charge in [-0.1, -0.05) is 41.4 Å². The van der Waals surface area contributed by atoms with Crippen molar-refractivity contribution in [1.29, 1.82) is 5.26 Å². The van der Waals surface area contributed by atoms with Crippen molar-refractivity contribution in [3.63, 3.8) is 0 Å². The van der Waals surface area contributed by atoms with Crippen LogP contribution in [0.5, 0.6) is 0 Å². The van der Waals surface area contributed by atoms with Gasteiger partial charge in [-0.25, -0.2) is 13.6 Å². The molecule has 1 heterocycles. The number of nitrogens with zero attached hydrogens (tertiary/aromatic N) is 1. The summed E-state index contributed by atoms with van der Waals surface area (Å²) in [4.78, 5) is 20.8. The monoisotopic (exact) mass is 524 g/mol. The first-order chi connectivity index (χ1) is 15.7. The van der Waals surface area contributed by atoms with Crippen molar-refractivity contribution in [2.24, 2.45) is 0 Å². The minimum Gasteiger partial charge on any atom is -0.480 e. The van der Waals surface area contributed by atoms with Crippen LogP contribution in [0.2, 0.25) is 10.0 Å². The Bertz CT molecular complexity index is 1150.